The molecule has 336 valence electrons. The lowest BCUT2D eigenvalue weighted by atomic mass is 9.78. The molecular weight excluding hydrogens is 797 g/mol. The summed E-state index contributed by atoms with van der Waals surface area (Å²) in [4.78, 5) is 53.4. The van der Waals surface area contributed by atoms with Crippen molar-refractivity contribution in [1.82, 2.24) is 4.90 Å². The van der Waals surface area contributed by atoms with Crippen molar-refractivity contribution in [1.29, 1.82) is 0 Å². The number of nitrogens with one attached hydrogen (secondary N) is 1. The number of ketones is 1. The molecule has 6 heterocycles. The molecule has 5 N–H and O–H groups in total. The van der Waals surface area contributed by atoms with Crippen molar-refractivity contribution in [2.75, 3.05) is 19.0 Å². The first-order chi connectivity index (χ1) is 29.3. The van der Waals surface area contributed by atoms with Crippen molar-refractivity contribution in [2.24, 2.45) is 33.7 Å². The van der Waals surface area contributed by atoms with Gasteiger partial charge in [0.25, 0.3) is 11.7 Å². The number of benzene rings is 2. The largest absolute Gasteiger partial charge is 0.507 e. The number of piperidine rings is 1. The Hall–Kier alpha value is -4.83. The average molecular weight is 859 g/mol. The summed E-state index contributed by atoms with van der Waals surface area (Å²) >= 11 is 0. The fourth-order valence-electron chi connectivity index (χ4n) is 10.5. The monoisotopic (exact) mass is 858 g/mol. The van der Waals surface area contributed by atoms with Crippen LogP contribution >= 0.6 is 0 Å². The topological polar surface area (TPSA) is 209 Å². The zero-order valence-corrected chi connectivity index (χ0v) is 37.4. The summed E-state index contributed by atoms with van der Waals surface area (Å²) in [5, 5.41) is 50.9. The number of methoxy groups -OCH3 is 1. The molecule has 15 nitrogen and oxygen atoms in total. The Morgan fingerprint density at radius 2 is 1.65 bits per heavy atom. The zero-order valence-electron chi connectivity index (χ0n) is 37.4. The van der Waals surface area contributed by atoms with Gasteiger partial charge in [-0.3, -0.25) is 24.3 Å². The van der Waals surface area contributed by atoms with Crippen molar-refractivity contribution in [3.8, 4) is 17.2 Å². The molecule has 0 aliphatic carbocycles. The number of phenols is 2. The number of aliphatic hydroxyl groups is 2. The van der Waals surface area contributed by atoms with Gasteiger partial charge in [-0.25, -0.2) is 4.99 Å². The number of ether oxygens (including phenoxy) is 4. The average Bonchev–Trinajstić information content (AvgIpc) is 3.81. The van der Waals surface area contributed by atoms with Crippen LogP contribution in [-0.2, 0) is 23.8 Å². The Morgan fingerprint density at radius 3 is 2.27 bits per heavy atom. The minimum Gasteiger partial charge on any atom is -0.507 e. The Balaban J connectivity index is 1.42. The van der Waals surface area contributed by atoms with Gasteiger partial charge >= 0.3 is 11.8 Å². The second-order valence-electron chi connectivity index (χ2n) is 18.3. The summed E-state index contributed by atoms with van der Waals surface area (Å²) in [6.07, 6.45) is 8.27. The van der Waals surface area contributed by atoms with E-state index in [9.17, 15) is 34.8 Å². The lowest BCUT2D eigenvalue weighted by molar-refractivity contribution is -0.160. The summed E-state index contributed by atoms with van der Waals surface area (Å²) in [6, 6.07) is 0.492. The molecule has 2 aromatic rings. The van der Waals surface area contributed by atoms with Crippen LogP contribution in [0.4, 0.5) is 5.69 Å². The molecule has 7 bridgehead atoms. The fraction of sp³-hybridized carbons (Fsp3) is 0.596. The van der Waals surface area contributed by atoms with Crippen molar-refractivity contribution in [3.05, 3.63) is 58.0 Å². The molecule has 0 aromatic heterocycles. The molecule has 2 fully saturated rings. The summed E-state index contributed by atoms with van der Waals surface area (Å²) in [5.41, 5.74) is -0.0410. The van der Waals surface area contributed by atoms with E-state index in [0.29, 0.717) is 18.5 Å². The molecule has 2 aromatic carbocycles. The first-order valence-electron chi connectivity index (χ1n) is 21.9. The van der Waals surface area contributed by atoms with Crippen LogP contribution in [0.1, 0.15) is 103 Å². The Morgan fingerprint density at radius 1 is 0.968 bits per heavy atom. The zero-order chi connectivity index (χ0) is 45.2. The number of aliphatic hydroxyl groups excluding tert-OH is 2. The van der Waals surface area contributed by atoms with E-state index in [1.165, 1.54) is 27.2 Å². The van der Waals surface area contributed by atoms with Crippen molar-refractivity contribution < 1.29 is 53.8 Å². The van der Waals surface area contributed by atoms with E-state index < -0.39 is 82.9 Å². The molecule has 1 amide bonds. The number of hydrogen-bond acceptors (Lipinski definition) is 14. The number of phenolic OH excluding ortho intramolecular Hbond substituents is 2. The third-order valence-electron chi connectivity index (χ3n) is 14.0. The predicted octanol–water partition coefficient (Wildman–Crippen LogP) is 5.03. The number of allylic oxidation sites excluding steroid dienone is 2. The third kappa shape index (κ3) is 7.68. The van der Waals surface area contributed by atoms with Gasteiger partial charge in [0.05, 0.1) is 41.2 Å². The van der Waals surface area contributed by atoms with Crippen LogP contribution in [0.2, 0.25) is 0 Å². The highest BCUT2D eigenvalue weighted by atomic mass is 16.7. The molecule has 8 rings (SSSR count). The summed E-state index contributed by atoms with van der Waals surface area (Å²) in [5.74, 6) is -6.97. The number of amides is 1. The highest BCUT2D eigenvalue weighted by Crippen LogP contribution is 2.52. The van der Waals surface area contributed by atoms with E-state index in [-0.39, 0.29) is 61.8 Å². The van der Waals surface area contributed by atoms with Gasteiger partial charge in [0.15, 0.2) is 5.75 Å². The number of fused-ring (bicyclic) bond motifs is 15. The first kappa shape index (κ1) is 45.2. The third-order valence-corrected chi connectivity index (χ3v) is 14.0. The molecule has 62 heavy (non-hydrogen) atoms. The number of hydrogen-bond donors (Lipinski definition) is 5. The number of esters is 1. The SMILES string of the molecule is CCCN1C2CCC1CC1(C2)N=c2c(c3c4c5c(C)c(O)c3c(O)c2=NC(=O)/C(C)=C\C=C\[C@H](C)[C@H](O)[C@@H](C)[C@@H](O)[C@@H](C)[C@H](OC(C)=O)[C@H](C)[C@@H](OC)/C=C/O[C@@](C)(O5)C4=O)N1. The molecule has 6 aliphatic rings. The van der Waals surface area contributed by atoms with Crippen LogP contribution < -0.4 is 20.8 Å². The number of anilines is 1. The highest BCUT2D eigenvalue weighted by Gasteiger charge is 2.53. The number of aromatic hydroxyl groups is 2. The molecule has 1 spiro atoms. The van der Waals surface area contributed by atoms with E-state index in [1.807, 2.05) is 0 Å². The van der Waals surface area contributed by atoms with Gasteiger partial charge in [-0.1, -0.05) is 52.8 Å². The van der Waals surface area contributed by atoms with Crippen LogP contribution in [-0.4, -0.2) is 105 Å². The molecule has 11 atom stereocenters. The van der Waals surface area contributed by atoms with Crippen molar-refractivity contribution >= 4 is 34.1 Å². The van der Waals surface area contributed by atoms with E-state index in [0.717, 1.165) is 25.8 Å². The molecule has 0 saturated carbocycles. The number of carbonyl (C=O) groups excluding carboxylic acids is 3. The summed E-state index contributed by atoms with van der Waals surface area (Å²) in [6.45, 7) is 16.0. The van der Waals surface area contributed by atoms with Gasteiger partial charge < -0.3 is 44.7 Å². The molecule has 6 aliphatic heterocycles. The normalized spacial score (nSPS) is 36.9. The number of nitrogens with zero attached hydrogens (tertiary/aromatic N) is 3. The molecular formula is C47H62N4O11. The molecule has 15 heteroatoms. The van der Waals surface area contributed by atoms with Crippen LogP contribution in [0.3, 0.4) is 0 Å². The second-order valence-corrected chi connectivity index (χ2v) is 18.3. The van der Waals surface area contributed by atoms with Gasteiger partial charge in [0, 0.05) is 86.1 Å². The minimum absolute atomic E-state index is 0.0647. The van der Waals surface area contributed by atoms with Gasteiger partial charge in [-0.05, 0) is 45.7 Å². The maximum absolute atomic E-state index is 14.8. The number of carbonyl (C=O) groups is 3. The molecule has 0 radical (unpaired) electrons. The van der Waals surface area contributed by atoms with Gasteiger partial charge in [0.1, 0.15) is 34.0 Å². The van der Waals surface area contributed by atoms with Gasteiger partial charge in [0.2, 0.25) is 0 Å². The van der Waals surface area contributed by atoms with Gasteiger partial charge in [-0.2, -0.15) is 0 Å². The van der Waals surface area contributed by atoms with E-state index >= 15 is 0 Å². The highest BCUT2D eigenvalue weighted by molar-refractivity contribution is 6.21. The minimum atomic E-state index is -1.95. The number of rotatable bonds is 4. The van der Waals surface area contributed by atoms with E-state index in [4.69, 9.17) is 23.9 Å². The van der Waals surface area contributed by atoms with Crippen molar-refractivity contribution in [3.63, 3.8) is 0 Å². The maximum Gasteiger partial charge on any atom is 0.312 e. The Kier molecular flexibility index (Phi) is 12.4. The van der Waals surface area contributed by atoms with Crippen LogP contribution in [0.25, 0.3) is 10.8 Å². The Bertz CT molecular complexity index is 2360. The summed E-state index contributed by atoms with van der Waals surface area (Å²) < 4.78 is 24.1. The van der Waals surface area contributed by atoms with Crippen LogP contribution in [0.5, 0.6) is 17.2 Å². The fourth-order valence-corrected chi connectivity index (χ4v) is 10.5. The lowest BCUT2D eigenvalue weighted by Crippen LogP contribution is -2.52. The van der Waals surface area contributed by atoms with E-state index in [1.54, 1.807) is 65.8 Å². The van der Waals surface area contributed by atoms with Crippen molar-refractivity contribution in [2.45, 2.75) is 142 Å². The first-order valence-corrected chi connectivity index (χ1v) is 21.9. The lowest BCUT2D eigenvalue weighted by Gasteiger charge is -2.43. The maximum atomic E-state index is 14.8. The second kappa shape index (κ2) is 17.0. The van der Waals surface area contributed by atoms with E-state index in [2.05, 4.69) is 22.1 Å². The smallest absolute Gasteiger partial charge is 0.312 e. The molecule has 2 unspecified atom stereocenters. The standard InChI is InChI=1S/C47H62N4O11/c1-11-18-51-29-15-16-30(51)21-47(20-29)49-35-32-33-40(55)27(7)43-34(32)44(57)46(9,62-43)60-19-17-31(59-10)24(4)42(61-28(8)52)26(6)39(54)25(5)38(53)22(2)13-12-14-23(3)45(58)48-37(41(33)56)36(35)50-47/h12-14,17,19,22,24-26,29-31,38-39,42,49,53-56H,11,15-16,18,20-21H2,1-10H3/b13-12+,19-17+,23-14-,48-37?/t22-,24+,25+,26+,29?,30?,31-,38-,39+,42+,46-,47?/m0/s1. The quantitative estimate of drug-likeness (QED) is 0.202. The molecule has 2 saturated heterocycles. The Labute approximate surface area is 362 Å². The number of Topliss-reactive ketones (excluding diaryl/α,β-unsaturated/α-hetero) is 1. The van der Waals surface area contributed by atoms with Crippen LogP contribution in [0.15, 0.2) is 46.1 Å². The van der Waals surface area contributed by atoms with Gasteiger partial charge in [-0.15, -0.1) is 0 Å². The predicted molar refractivity (Wildman–Crippen MR) is 230 cm³/mol. The summed E-state index contributed by atoms with van der Waals surface area (Å²) in [7, 11) is 1.47. The van der Waals surface area contributed by atoms with Crippen LogP contribution in [0, 0.1) is 30.6 Å².